The molecule has 0 aromatic rings. The Kier molecular flexibility index (Phi) is 63.7. The zero-order valence-corrected chi connectivity index (χ0v) is 51.9. The van der Waals surface area contributed by atoms with Gasteiger partial charge in [-0.2, -0.15) is 0 Å². The van der Waals surface area contributed by atoms with Crippen LogP contribution in [0.3, 0.4) is 0 Å². The summed E-state index contributed by atoms with van der Waals surface area (Å²) in [5.41, 5.74) is 0. The van der Waals surface area contributed by atoms with Crippen molar-refractivity contribution in [3.63, 3.8) is 0 Å². The van der Waals surface area contributed by atoms with Crippen LogP contribution in [-0.2, 0) is 28.6 Å². The summed E-state index contributed by atoms with van der Waals surface area (Å²) in [7, 11) is 0. The van der Waals surface area contributed by atoms with Gasteiger partial charge in [0, 0.05) is 19.3 Å². The lowest BCUT2D eigenvalue weighted by Crippen LogP contribution is -2.30. The summed E-state index contributed by atoms with van der Waals surface area (Å²) < 4.78 is 17.0. The summed E-state index contributed by atoms with van der Waals surface area (Å²) in [6.07, 6.45) is 86.3. The topological polar surface area (TPSA) is 78.9 Å². The van der Waals surface area contributed by atoms with Gasteiger partial charge in [-0.25, -0.2) is 0 Å². The first-order valence-corrected chi connectivity index (χ1v) is 33.9. The number of hydrogen-bond acceptors (Lipinski definition) is 6. The van der Waals surface area contributed by atoms with Crippen molar-refractivity contribution in [1.29, 1.82) is 0 Å². The highest BCUT2D eigenvalue weighted by Crippen LogP contribution is 2.18. The first-order chi connectivity index (χ1) is 38.5. The minimum absolute atomic E-state index is 0.0789. The molecule has 0 aliphatic heterocycles. The Hall–Kier alpha value is -3.15. The molecule has 0 saturated carbocycles. The van der Waals surface area contributed by atoms with E-state index in [4.69, 9.17) is 14.2 Å². The van der Waals surface area contributed by atoms with E-state index in [1.54, 1.807) is 0 Å². The first kappa shape index (κ1) is 74.8. The van der Waals surface area contributed by atoms with Crippen molar-refractivity contribution in [2.45, 2.75) is 354 Å². The van der Waals surface area contributed by atoms with Crippen LogP contribution in [0.15, 0.2) is 72.9 Å². The lowest BCUT2D eigenvalue weighted by atomic mass is 10.0. The van der Waals surface area contributed by atoms with Gasteiger partial charge in [0.05, 0.1) is 0 Å². The molecule has 0 fully saturated rings. The van der Waals surface area contributed by atoms with E-state index in [1.807, 2.05) is 0 Å². The van der Waals surface area contributed by atoms with E-state index in [9.17, 15) is 14.4 Å². The Bertz CT molecular complexity index is 1440. The molecule has 452 valence electrons. The number of ether oxygens (including phenoxy) is 3. The average Bonchev–Trinajstić information content (AvgIpc) is 3.44. The SMILES string of the molecule is CC/C=C\C/C=C\C/C=C\C/C=C\C/C=C\C/C=C\CCCCCCC(=O)OCC(COC(=O)CCCCCCCCCCCCCCCC)OC(=O)CCCCCCCCCCCCCCCCCCCCCCCCC. The molecule has 0 radical (unpaired) electrons. The van der Waals surface area contributed by atoms with E-state index in [2.05, 4.69) is 93.7 Å². The van der Waals surface area contributed by atoms with Gasteiger partial charge >= 0.3 is 17.9 Å². The van der Waals surface area contributed by atoms with Crippen molar-refractivity contribution in [3.05, 3.63) is 72.9 Å². The van der Waals surface area contributed by atoms with Crippen LogP contribution in [0.5, 0.6) is 0 Å². The minimum Gasteiger partial charge on any atom is -0.462 e. The van der Waals surface area contributed by atoms with Crippen molar-refractivity contribution >= 4 is 17.9 Å². The molecule has 0 amide bonds. The molecule has 0 N–H and O–H groups in total. The summed E-state index contributed by atoms with van der Waals surface area (Å²) in [6, 6.07) is 0. The number of esters is 3. The summed E-state index contributed by atoms with van der Waals surface area (Å²) >= 11 is 0. The predicted octanol–water partition coefficient (Wildman–Crippen LogP) is 23.3. The highest BCUT2D eigenvalue weighted by atomic mass is 16.6. The lowest BCUT2D eigenvalue weighted by Gasteiger charge is -2.18. The van der Waals surface area contributed by atoms with Crippen LogP contribution in [-0.4, -0.2) is 37.2 Å². The minimum atomic E-state index is -0.785. The molecule has 0 aromatic heterocycles. The Morgan fingerprint density at radius 1 is 0.269 bits per heavy atom. The van der Waals surface area contributed by atoms with E-state index in [0.29, 0.717) is 19.3 Å². The van der Waals surface area contributed by atoms with Gasteiger partial charge in [0.25, 0.3) is 0 Å². The maximum Gasteiger partial charge on any atom is 0.306 e. The summed E-state index contributed by atoms with van der Waals surface area (Å²) in [5.74, 6) is -0.883. The molecule has 6 nitrogen and oxygen atoms in total. The highest BCUT2D eigenvalue weighted by molar-refractivity contribution is 5.71. The van der Waals surface area contributed by atoms with E-state index < -0.39 is 6.10 Å². The van der Waals surface area contributed by atoms with Crippen LogP contribution in [0.4, 0.5) is 0 Å². The smallest absolute Gasteiger partial charge is 0.306 e. The third-order valence-electron chi connectivity index (χ3n) is 15.0. The Morgan fingerprint density at radius 2 is 0.500 bits per heavy atom. The number of carbonyl (C=O) groups excluding carboxylic acids is 3. The molecule has 0 saturated heterocycles. The van der Waals surface area contributed by atoms with Crippen LogP contribution in [0.1, 0.15) is 348 Å². The fraction of sp³-hybridized carbons (Fsp3) is 0.792. The standard InChI is InChI=1S/C72H128O6/c1-4-7-10-13-16-19-22-25-28-30-32-34-36-38-40-42-44-47-50-53-56-59-62-65-71(74)77-68-69(67-76-70(73)64-61-58-55-52-49-46-27-24-21-18-15-12-9-6-3)78-72(75)66-63-60-57-54-51-48-45-43-41-39-37-35-33-31-29-26-23-20-17-14-11-8-5-2/h7,10,16,19,25,28,32,34,38,40,44,47,69H,4-6,8-9,11-15,17-18,20-24,26-27,29-31,33,35-37,39,41-43,45-46,48-68H2,1-3H3/b10-7-,19-16-,28-25-,34-32-,40-38-,47-44-. The van der Waals surface area contributed by atoms with Crippen LogP contribution < -0.4 is 0 Å². The number of allylic oxidation sites excluding steroid dienone is 12. The van der Waals surface area contributed by atoms with Gasteiger partial charge in [-0.3, -0.25) is 14.4 Å². The number of rotatable bonds is 62. The van der Waals surface area contributed by atoms with E-state index in [-0.39, 0.29) is 31.1 Å². The second kappa shape index (κ2) is 66.4. The molecule has 1 atom stereocenters. The summed E-state index contributed by atoms with van der Waals surface area (Å²) in [6.45, 7) is 6.56. The highest BCUT2D eigenvalue weighted by Gasteiger charge is 2.19. The number of hydrogen-bond donors (Lipinski definition) is 0. The van der Waals surface area contributed by atoms with Gasteiger partial charge in [-0.1, -0.05) is 331 Å². The van der Waals surface area contributed by atoms with Gasteiger partial charge in [0.1, 0.15) is 13.2 Å². The molecule has 0 bridgehead atoms. The normalized spacial score (nSPS) is 12.5. The molecule has 78 heavy (non-hydrogen) atoms. The van der Waals surface area contributed by atoms with Gasteiger partial charge < -0.3 is 14.2 Å². The monoisotopic (exact) mass is 1090 g/mol. The Labute approximate surface area is 484 Å². The van der Waals surface area contributed by atoms with Crippen molar-refractivity contribution in [2.75, 3.05) is 13.2 Å². The van der Waals surface area contributed by atoms with Crippen molar-refractivity contribution in [3.8, 4) is 0 Å². The molecule has 0 aliphatic rings. The molecule has 0 heterocycles. The van der Waals surface area contributed by atoms with Crippen molar-refractivity contribution in [2.24, 2.45) is 0 Å². The van der Waals surface area contributed by atoms with Crippen LogP contribution in [0, 0.1) is 0 Å². The molecule has 0 aromatic carbocycles. The fourth-order valence-corrected chi connectivity index (χ4v) is 9.92. The van der Waals surface area contributed by atoms with Gasteiger partial charge in [-0.15, -0.1) is 0 Å². The van der Waals surface area contributed by atoms with E-state index in [1.165, 1.54) is 199 Å². The molecule has 0 rings (SSSR count). The molecule has 0 spiro atoms. The summed E-state index contributed by atoms with van der Waals surface area (Å²) in [4.78, 5) is 38.4. The quantitative estimate of drug-likeness (QED) is 0.0261. The molecular weight excluding hydrogens is 961 g/mol. The zero-order valence-electron chi connectivity index (χ0n) is 51.9. The van der Waals surface area contributed by atoms with Crippen LogP contribution >= 0.6 is 0 Å². The van der Waals surface area contributed by atoms with E-state index in [0.717, 1.165) is 109 Å². The number of unbranched alkanes of at least 4 members (excludes halogenated alkanes) is 39. The molecule has 0 aliphatic carbocycles. The first-order valence-electron chi connectivity index (χ1n) is 33.9. The van der Waals surface area contributed by atoms with Gasteiger partial charge in [0.2, 0.25) is 0 Å². The maximum atomic E-state index is 12.9. The molecule has 6 heteroatoms. The largest absolute Gasteiger partial charge is 0.462 e. The molecule has 1 unspecified atom stereocenters. The molecular formula is C72H128O6. The summed E-state index contributed by atoms with van der Waals surface area (Å²) in [5, 5.41) is 0. The van der Waals surface area contributed by atoms with Crippen molar-refractivity contribution in [1.82, 2.24) is 0 Å². The lowest BCUT2D eigenvalue weighted by molar-refractivity contribution is -0.167. The zero-order chi connectivity index (χ0) is 56.4. The third-order valence-corrected chi connectivity index (χ3v) is 15.0. The van der Waals surface area contributed by atoms with Crippen LogP contribution in [0.2, 0.25) is 0 Å². The second-order valence-electron chi connectivity index (χ2n) is 22.7. The maximum absolute atomic E-state index is 12.9. The van der Waals surface area contributed by atoms with Crippen LogP contribution in [0.25, 0.3) is 0 Å². The Morgan fingerprint density at radius 3 is 0.782 bits per heavy atom. The number of carbonyl (C=O) groups is 3. The predicted molar refractivity (Wildman–Crippen MR) is 339 cm³/mol. The fourth-order valence-electron chi connectivity index (χ4n) is 9.92. The van der Waals surface area contributed by atoms with Gasteiger partial charge in [-0.05, 0) is 70.6 Å². The third kappa shape index (κ3) is 63.7. The second-order valence-corrected chi connectivity index (χ2v) is 22.7. The van der Waals surface area contributed by atoms with Crippen molar-refractivity contribution < 1.29 is 28.6 Å². The van der Waals surface area contributed by atoms with E-state index >= 15 is 0 Å². The Balaban J connectivity index is 4.35. The van der Waals surface area contributed by atoms with Gasteiger partial charge in [0.15, 0.2) is 6.10 Å². The average molecular weight is 1090 g/mol.